The fourth-order valence-corrected chi connectivity index (χ4v) is 1.34. The molecule has 0 fully saturated rings. The van der Waals surface area contributed by atoms with E-state index in [4.69, 9.17) is 16.9 Å². The molecule has 0 heterocycles. The van der Waals surface area contributed by atoms with Gasteiger partial charge < -0.3 is 4.74 Å². The molecule has 0 aromatic heterocycles. The van der Waals surface area contributed by atoms with Gasteiger partial charge in [0.15, 0.2) is 6.29 Å². The van der Waals surface area contributed by atoms with E-state index in [0.717, 1.165) is 0 Å². The number of carbonyl (C=O) groups excluding carboxylic acids is 2. The van der Waals surface area contributed by atoms with Crippen molar-refractivity contribution in [2.75, 3.05) is 7.11 Å². The van der Waals surface area contributed by atoms with E-state index in [0.29, 0.717) is 6.29 Å². The van der Waals surface area contributed by atoms with E-state index in [9.17, 15) is 9.59 Å². The first-order valence-electron chi connectivity index (χ1n) is 3.91. The summed E-state index contributed by atoms with van der Waals surface area (Å²) in [6.07, 6.45) is 0.454. The lowest BCUT2D eigenvalue weighted by atomic mass is 10.1. The summed E-state index contributed by atoms with van der Waals surface area (Å²) >= 11 is 5.72. The van der Waals surface area contributed by atoms with Crippen LogP contribution in [0.4, 0.5) is 0 Å². The first-order chi connectivity index (χ1) is 7.13. The highest BCUT2D eigenvalue weighted by atomic mass is 35.5. The second kappa shape index (κ2) is 4.58. The zero-order valence-electron chi connectivity index (χ0n) is 7.78. The van der Waals surface area contributed by atoms with E-state index >= 15 is 0 Å². The average Bonchev–Trinajstić information content (AvgIpc) is 2.26. The fraction of sp³-hybridized carbons (Fsp3) is 0.100. The van der Waals surface area contributed by atoms with Crippen LogP contribution in [0.2, 0.25) is 5.02 Å². The number of aldehydes is 1. The molecule has 1 aromatic rings. The van der Waals surface area contributed by atoms with Crippen LogP contribution in [0.25, 0.3) is 0 Å². The van der Waals surface area contributed by atoms with Crippen LogP contribution >= 0.6 is 11.6 Å². The molecule has 0 amide bonds. The molecule has 0 aliphatic carbocycles. The minimum atomic E-state index is -0.698. The van der Waals surface area contributed by atoms with Gasteiger partial charge in [-0.05, 0) is 12.1 Å². The van der Waals surface area contributed by atoms with Crippen molar-refractivity contribution in [3.8, 4) is 6.07 Å². The molecule has 0 atom stereocenters. The molecule has 4 nitrogen and oxygen atoms in total. The Hall–Kier alpha value is -1.86. The molecule has 0 radical (unpaired) electrons. The molecule has 0 N–H and O–H groups in total. The van der Waals surface area contributed by atoms with Gasteiger partial charge >= 0.3 is 5.97 Å². The number of carbonyl (C=O) groups is 2. The summed E-state index contributed by atoms with van der Waals surface area (Å²) in [6, 6.07) is 4.41. The molecular formula is C10H6ClNO3. The molecule has 76 valence electrons. The normalized spacial score (nSPS) is 9.13. The summed E-state index contributed by atoms with van der Waals surface area (Å²) in [6.45, 7) is 0. The summed E-state index contributed by atoms with van der Waals surface area (Å²) in [5, 5.41) is 8.72. The molecule has 1 aromatic carbocycles. The predicted molar refractivity (Wildman–Crippen MR) is 52.9 cm³/mol. The zero-order chi connectivity index (χ0) is 11.4. The van der Waals surface area contributed by atoms with Gasteiger partial charge in [0, 0.05) is 5.56 Å². The van der Waals surface area contributed by atoms with Gasteiger partial charge in [-0.1, -0.05) is 11.6 Å². The van der Waals surface area contributed by atoms with Gasteiger partial charge in [0.2, 0.25) is 0 Å². The number of hydrogen-bond donors (Lipinski definition) is 0. The Morgan fingerprint density at radius 3 is 2.73 bits per heavy atom. The van der Waals surface area contributed by atoms with Crippen molar-refractivity contribution < 1.29 is 14.3 Å². The maximum atomic E-state index is 11.3. The van der Waals surface area contributed by atoms with Crippen LogP contribution in [-0.4, -0.2) is 19.4 Å². The van der Waals surface area contributed by atoms with Crippen molar-refractivity contribution in [3.63, 3.8) is 0 Å². The van der Waals surface area contributed by atoms with Crippen LogP contribution in [0, 0.1) is 11.3 Å². The smallest absolute Gasteiger partial charge is 0.338 e. The molecule has 0 aliphatic rings. The summed E-state index contributed by atoms with van der Waals surface area (Å²) in [5.74, 6) is -0.698. The quantitative estimate of drug-likeness (QED) is 0.567. The molecule has 0 aliphatic heterocycles. The molecule has 0 saturated carbocycles. The molecule has 15 heavy (non-hydrogen) atoms. The molecule has 1 rings (SSSR count). The minimum absolute atomic E-state index is 0.00319. The maximum absolute atomic E-state index is 11.3. The number of hydrogen-bond acceptors (Lipinski definition) is 4. The minimum Gasteiger partial charge on any atom is -0.465 e. The number of nitrogens with zero attached hydrogens (tertiary/aromatic N) is 1. The van der Waals surface area contributed by atoms with E-state index in [1.54, 1.807) is 0 Å². The van der Waals surface area contributed by atoms with Crippen LogP contribution in [-0.2, 0) is 4.74 Å². The SMILES string of the molecule is COC(=O)c1cc(C#N)cc(Cl)c1C=O. The van der Waals surface area contributed by atoms with Crippen LogP contribution in [0.3, 0.4) is 0 Å². The van der Waals surface area contributed by atoms with Gasteiger partial charge in [-0.3, -0.25) is 4.79 Å². The third-order valence-corrected chi connectivity index (χ3v) is 2.09. The Morgan fingerprint density at radius 1 is 1.60 bits per heavy atom. The number of nitriles is 1. The zero-order valence-corrected chi connectivity index (χ0v) is 8.54. The third-order valence-electron chi connectivity index (χ3n) is 1.78. The number of rotatable bonds is 2. The number of esters is 1. The summed E-state index contributed by atoms with van der Waals surface area (Å²) in [7, 11) is 1.18. The average molecular weight is 224 g/mol. The van der Waals surface area contributed by atoms with Gasteiger partial charge in [-0.2, -0.15) is 5.26 Å². The lowest BCUT2D eigenvalue weighted by Gasteiger charge is -2.04. The van der Waals surface area contributed by atoms with Gasteiger partial charge in [-0.15, -0.1) is 0 Å². The van der Waals surface area contributed by atoms with Gasteiger partial charge in [-0.25, -0.2) is 4.79 Å². The van der Waals surface area contributed by atoms with E-state index in [2.05, 4.69) is 4.74 Å². The highest BCUT2D eigenvalue weighted by Gasteiger charge is 2.15. The Balaban J connectivity index is 3.46. The number of ether oxygens (including phenoxy) is 1. The van der Waals surface area contributed by atoms with Crippen molar-refractivity contribution in [2.24, 2.45) is 0 Å². The summed E-state index contributed by atoms with van der Waals surface area (Å²) in [4.78, 5) is 22.0. The number of benzene rings is 1. The molecule has 0 unspecified atom stereocenters. The Kier molecular flexibility index (Phi) is 3.42. The standard InChI is InChI=1S/C10H6ClNO3/c1-15-10(14)7-2-6(4-12)3-9(11)8(7)5-13/h2-3,5H,1H3. The second-order valence-corrected chi connectivity index (χ2v) is 3.05. The molecule has 0 spiro atoms. The first kappa shape index (κ1) is 11.2. The molecule has 0 bridgehead atoms. The van der Waals surface area contributed by atoms with Gasteiger partial charge in [0.25, 0.3) is 0 Å². The van der Waals surface area contributed by atoms with E-state index in [1.165, 1.54) is 19.2 Å². The highest BCUT2D eigenvalue weighted by molar-refractivity contribution is 6.33. The second-order valence-electron chi connectivity index (χ2n) is 2.64. The van der Waals surface area contributed by atoms with Crippen molar-refractivity contribution in [2.45, 2.75) is 0 Å². The Labute approximate surface area is 91.0 Å². The van der Waals surface area contributed by atoms with Crippen LogP contribution in [0.15, 0.2) is 12.1 Å². The maximum Gasteiger partial charge on any atom is 0.338 e. The Morgan fingerprint density at radius 2 is 2.27 bits per heavy atom. The lowest BCUT2D eigenvalue weighted by molar-refractivity contribution is 0.0598. The summed E-state index contributed by atoms with van der Waals surface area (Å²) in [5.41, 5.74) is 0.227. The molecule has 0 saturated heterocycles. The van der Waals surface area contributed by atoms with Crippen LogP contribution < -0.4 is 0 Å². The lowest BCUT2D eigenvalue weighted by Crippen LogP contribution is -2.06. The van der Waals surface area contributed by atoms with E-state index < -0.39 is 5.97 Å². The van der Waals surface area contributed by atoms with Crippen molar-refractivity contribution in [1.29, 1.82) is 5.26 Å². The number of methoxy groups -OCH3 is 1. The van der Waals surface area contributed by atoms with Gasteiger partial charge in [0.05, 0.1) is 29.3 Å². The monoisotopic (exact) mass is 223 g/mol. The van der Waals surface area contributed by atoms with Crippen molar-refractivity contribution in [1.82, 2.24) is 0 Å². The number of halogens is 1. The largest absolute Gasteiger partial charge is 0.465 e. The Bertz CT molecular complexity index is 462. The highest BCUT2D eigenvalue weighted by Crippen LogP contribution is 2.21. The summed E-state index contributed by atoms with van der Waals surface area (Å²) < 4.78 is 4.47. The van der Waals surface area contributed by atoms with Crippen molar-refractivity contribution >= 4 is 23.9 Å². The third kappa shape index (κ3) is 2.14. The fourth-order valence-electron chi connectivity index (χ4n) is 1.08. The van der Waals surface area contributed by atoms with Crippen molar-refractivity contribution in [3.05, 3.63) is 33.8 Å². The molecular weight excluding hydrogens is 218 g/mol. The van der Waals surface area contributed by atoms with E-state index in [1.807, 2.05) is 6.07 Å². The molecule has 5 heteroatoms. The predicted octanol–water partition coefficient (Wildman–Crippen LogP) is 1.81. The van der Waals surface area contributed by atoms with Crippen LogP contribution in [0.5, 0.6) is 0 Å². The van der Waals surface area contributed by atoms with E-state index in [-0.39, 0.29) is 21.7 Å². The van der Waals surface area contributed by atoms with Gasteiger partial charge in [0.1, 0.15) is 0 Å². The first-order valence-corrected chi connectivity index (χ1v) is 4.29. The topological polar surface area (TPSA) is 67.2 Å². The van der Waals surface area contributed by atoms with Crippen LogP contribution in [0.1, 0.15) is 26.3 Å².